The van der Waals surface area contributed by atoms with Crippen molar-refractivity contribution < 1.29 is 62.2 Å². The maximum Gasteiger partial charge on any atom is 0.306 e. The second-order valence-corrected chi connectivity index (χ2v) is 28.7. The highest BCUT2D eigenvalue weighted by Gasteiger charge is 2.32. The Labute approximate surface area is 648 Å². The Morgan fingerprint density at radius 1 is 0.413 bits per heavy atom. The van der Waals surface area contributed by atoms with E-state index in [2.05, 4.69) is 38.6 Å². The molecule has 2 unspecified atom stereocenters. The molecule has 588 valence electrons. The second-order valence-electron chi connectivity index (χ2n) is 28.3. The number of hydrogen-bond acceptors (Lipinski definition) is 18. The summed E-state index contributed by atoms with van der Waals surface area (Å²) in [6.45, 7) is 9.89. The minimum absolute atomic E-state index is 0.00289. The van der Waals surface area contributed by atoms with E-state index in [1.807, 2.05) is 130 Å². The van der Waals surface area contributed by atoms with Gasteiger partial charge in [-0.2, -0.15) is 0 Å². The van der Waals surface area contributed by atoms with E-state index in [0.717, 1.165) is 138 Å². The van der Waals surface area contributed by atoms with Gasteiger partial charge in [0.2, 0.25) is 11.8 Å². The molecular weight excluding hydrogens is 1400 g/mol. The number of ether oxygens (including phenoxy) is 2. The standard InChI is InChI=1S/C43H57N5O7S.C42H57N5O6/c1-3-32(49)19-10-14-25-39(52)47-30-31-18-9-11-20-34(31)41-42(35-21-12-13-23-37(35)47)48(46-45-41)28-16-15-22-36(44-43(54)56)38(51)24-8-6-5-7-17-29-55-40(53)27-26-33(50)4-2;1-3-32(48)19-10-14-25-39(51)46-30-31-18-9-11-20-34(31)41-42(35-21-12-13-23-37(35)46)47(45-44-41)28-16-15-22-36(43)38(50)24-8-6-5-7-17-29-53-40(52)27-26-33(49)4-2/h9,11-13,18,20-21,23,36H,3-8,10,14-17,19,22,24-30H2,1-2H3,(H2,44,54,56);9,11-13,18,20-21,23,36H,3-8,10,14-17,19,22,24-30,43H2,1-2H3. The summed E-state index contributed by atoms with van der Waals surface area (Å²) in [6, 6.07) is 30.5. The number of thiol groups is 1. The molecule has 2 atom stereocenters. The van der Waals surface area contributed by atoms with Crippen LogP contribution >= 0.6 is 12.6 Å². The number of rotatable bonds is 49. The predicted molar refractivity (Wildman–Crippen MR) is 425 cm³/mol. The number of amides is 3. The molecule has 6 aromatic rings. The van der Waals surface area contributed by atoms with Gasteiger partial charge in [0, 0.05) is 112 Å². The molecule has 0 bridgehead atoms. The van der Waals surface area contributed by atoms with Crippen molar-refractivity contribution in [1.29, 1.82) is 0 Å². The number of nitrogens with one attached hydrogen (secondary N) is 1. The van der Waals surface area contributed by atoms with Crippen LogP contribution in [0.1, 0.15) is 257 Å². The molecule has 0 spiro atoms. The van der Waals surface area contributed by atoms with E-state index in [1.165, 1.54) is 0 Å². The highest BCUT2D eigenvalue weighted by Crippen LogP contribution is 2.43. The molecular formula is C85H114N10O13S. The smallest absolute Gasteiger partial charge is 0.306 e. The van der Waals surface area contributed by atoms with E-state index in [-0.39, 0.29) is 84.1 Å². The molecule has 109 heavy (non-hydrogen) atoms. The van der Waals surface area contributed by atoms with Crippen molar-refractivity contribution in [3.05, 3.63) is 108 Å². The zero-order chi connectivity index (χ0) is 78.3. The minimum atomic E-state index is -0.636. The number of unbranched alkanes of at least 4 members (excludes halogenated alkanes) is 12. The number of aromatic nitrogens is 6. The third-order valence-corrected chi connectivity index (χ3v) is 20.3. The molecule has 0 radical (unpaired) electrons. The van der Waals surface area contributed by atoms with Gasteiger partial charge in [0.15, 0.2) is 5.78 Å². The summed E-state index contributed by atoms with van der Waals surface area (Å²) in [7, 11) is 0. The first-order valence-corrected chi connectivity index (χ1v) is 40.3. The number of carbonyl (C=O) groups excluding carboxylic acids is 11. The van der Waals surface area contributed by atoms with Crippen LogP contribution in [-0.4, -0.2) is 119 Å². The van der Waals surface area contributed by atoms with Crippen LogP contribution in [0.15, 0.2) is 97.1 Å². The van der Waals surface area contributed by atoms with E-state index >= 15 is 0 Å². The average Bonchev–Trinajstić information content (AvgIpc) is 1.69. The Kier molecular flexibility index (Phi) is 38.1. The number of nitrogens with two attached hydrogens (primary N) is 1. The number of para-hydroxylation sites is 2. The molecule has 0 saturated carbocycles. The van der Waals surface area contributed by atoms with E-state index in [4.69, 9.17) is 15.2 Å². The number of anilines is 2. The summed E-state index contributed by atoms with van der Waals surface area (Å²) in [5.41, 5.74) is 16.7. The van der Waals surface area contributed by atoms with Crippen LogP contribution in [0.2, 0.25) is 0 Å². The van der Waals surface area contributed by atoms with Crippen molar-refractivity contribution >= 4 is 87.7 Å². The first-order chi connectivity index (χ1) is 52.8. The van der Waals surface area contributed by atoms with Gasteiger partial charge in [-0.15, -0.1) is 10.2 Å². The van der Waals surface area contributed by atoms with Crippen LogP contribution in [0, 0.1) is 0 Å². The molecule has 23 nitrogen and oxygen atoms in total. The molecule has 3 amide bonds. The van der Waals surface area contributed by atoms with Crippen LogP contribution < -0.4 is 20.9 Å². The number of Topliss-reactive ketones (excluding diaryl/α,β-unsaturated/α-hetero) is 6. The molecule has 0 saturated heterocycles. The number of hydrogen-bond donors (Lipinski definition) is 3. The van der Waals surface area contributed by atoms with Crippen molar-refractivity contribution in [2.45, 2.75) is 284 Å². The fourth-order valence-corrected chi connectivity index (χ4v) is 13.8. The molecule has 2 aromatic heterocycles. The molecule has 3 N–H and O–H groups in total. The maximum atomic E-state index is 13.8. The lowest BCUT2D eigenvalue weighted by molar-refractivity contribution is -0.145. The van der Waals surface area contributed by atoms with Gasteiger partial charge < -0.3 is 30.3 Å². The van der Waals surface area contributed by atoms with Gasteiger partial charge in [-0.3, -0.25) is 52.7 Å². The first-order valence-electron chi connectivity index (χ1n) is 39.9. The van der Waals surface area contributed by atoms with Crippen molar-refractivity contribution in [2.24, 2.45) is 5.73 Å². The van der Waals surface area contributed by atoms with Gasteiger partial charge in [0.1, 0.15) is 40.3 Å². The highest BCUT2D eigenvalue weighted by atomic mass is 32.1. The Morgan fingerprint density at radius 2 is 0.780 bits per heavy atom. The molecule has 8 rings (SSSR count). The number of benzene rings is 4. The van der Waals surface area contributed by atoms with Crippen molar-refractivity contribution in [2.75, 3.05) is 23.0 Å². The zero-order valence-corrected chi connectivity index (χ0v) is 65.5. The lowest BCUT2D eigenvalue weighted by Gasteiger charge is -2.29. The monoisotopic (exact) mass is 1510 g/mol. The minimum Gasteiger partial charge on any atom is -0.466 e. The van der Waals surface area contributed by atoms with Crippen LogP contribution in [0.3, 0.4) is 0 Å². The second kappa shape index (κ2) is 47.7. The zero-order valence-electron chi connectivity index (χ0n) is 64.6. The largest absolute Gasteiger partial charge is 0.466 e. The van der Waals surface area contributed by atoms with E-state index in [9.17, 15) is 52.7 Å². The third kappa shape index (κ3) is 28.3. The fourth-order valence-electron chi connectivity index (χ4n) is 13.6. The first kappa shape index (κ1) is 87.1. The molecule has 0 fully saturated rings. The van der Waals surface area contributed by atoms with Crippen LogP contribution in [0.5, 0.6) is 0 Å². The van der Waals surface area contributed by atoms with E-state index < -0.39 is 17.3 Å². The number of fused-ring (bicyclic) bond motifs is 10. The molecule has 0 aliphatic carbocycles. The summed E-state index contributed by atoms with van der Waals surface area (Å²) >= 11 is 3.89. The number of nitrogens with zero attached hydrogens (tertiary/aromatic N) is 8. The third-order valence-electron chi connectivity index (χ3n) is 20.2. The average molecular weight is 1520 g/mol. The molecule has 4 heterocycles. The van der Waals surface area contributed by atoms with Gasteiger partial charge in [0.05, 0.1) is 74.0 Å². The van der Waals surface area contributed by atoms with E-state index in [0.29, 0.717) is 161 Å². The molecule has 24 heteroatoms. The quantitative estimate of drug-likeness (QED) is 0.0181. The lowest BCUT2D eigenvalue weighted by Crippen LogP contribution is -2.38. The van der Waals surface area contributed by atoms with E-state index in [1.54, 1.807) is 13.8 Å². The Hall–Kier alpha value is -9.16. The molecule has 2 aliphatic heterocycles. The number of esters is 2. The topological polar surface area (TPSA) is 312 Å². The Morgan fingerprint density at radius 3 is 1.22 bits per heavy atom. The summed E-state index contributed by atoms with van der Waals surface area (Å²) in [5.74, 6) is -0.0376. The Bertz CT molecular complexity index is 4000. The fraction of sp³-hybridized carbons (Fsp3) is 0.541. The summed E-state index contributed by atoms with van der Waals surface area (Å²) in [4.78, 5) is 139. The van der Waals surface area contributed by atoms with Gasteiger partial charge in [-0.05, 0) is 113 Å². The van der Waals surface area contributed by atoms with Crippen LogP contribution in [0.25, 0.3) is 45.0 Å². The summed E-state index contributed by atoms with van der Waals surface area (Å²) in [5, 5.41) is 20.6. The SMILES string of the molecule is CCC(=O)CCCCC(=O)N1Cc2ccccc2-c2nnn(CCCCC(N)C(=O)CCCCCCCOC(=O)CCC(=O)CC)c2-c2ccccc21.CCC(=O)CCCCC(=O)N1Cc2ccccc2-c2nnn(CCCCC(NC(=O)S)C(=O)CCCCCCCOC(=O)CCC(=O)CC)c2-c2ccccc21. The maximum absolute atomic E-state index is 13.8. The lowest BCUT2D eigenvalue weighted by atomic mass is 9.95. The van der Waals surface area contributed by atoms with Gasteiger partial charge >= 0.3 is 11.9 Å². The predicted octanol–water partition coefficient (Wildman–Crippen LogP) is 16.1. The van der Waals surface area contributed by atoms with Gasteiger partial charge in [0.25, 0.3) is 5.24 Å². The Balaban J connectivity index is 0.000000304. The van der Waals surface area contributed by atoms with Crippen molar-refractivity contribution in [3.8, 4) is 45.0 Å². The number of ketones is 6. The molecule has 2 aliphatic rings. The van der Waals surface area contributed by atoms with Crippen molar-refractivity contribution in [1.82, 2.24) is 35.3 Å². The summed E-state index contributed by atoms with van der Waals surface area (Å²) < 4.78 is 14.2. The van der Waals surface area contributed by atoms with Crippen LogP contribution in [-0.2, 0) is 83.6 Å². The van der Waals surface area contributed by atoms with Crippen LogP contribution in [0.4, 0.5) is 16.2 Å². The number of carbonyl (C=O) groups is 11. The van der Waals surface area contributed by atoms with Gasteiger partial charge in [-0.1, -0.05) is 174 Å². The normalized spacial score (nSPS) is 12.5. The van der Waals surface area contributed by atoms with Crippen molar-refractivity contribution in [3.63, 3.8) is 0 Å². The number of aryl methyl sites for hydroxylation is 2. The van der Waals surface area contributed by atoms with Gasteiger partial charge in [-0.25, -0.2) is 9.36 Å². The highest BCUT2D eigenvalue weighted by molar-refractivity contribution is 7.96. The molecule has 4 aromatic carbocycles. The summed E-state index contributed by atoms with van der Waals surface area (Å²) in [6.07, 6.45) is 20.1.